The van der Waals surface area contributed by atoms with Gasteiger partial charge in [0.2, 0.25) is 0 Å². The minimum absolute atomic E-state index is 0.388. The highest BCUT2D eigenvalue weighted by Crippen LogP contribution is 2.64. The van der Waals surface area contributed by atoms with E-state index < -0.39 is 6.85 Å². The third kappa shape index (κ3) is 0.680. The van der Waals surface area contributed by atoms with Crippen LogP contribution in [-0.4, -0.2) is 0 Å². The van der Waals surface area contributed by atoms with Gasteiger partial charge in [0.1, 0.15) is 0 Å². The molecule has 0 N–H and O–H groups in total. The third-order valence-electron chi connectivity index (χ3n) is 3.18. The molecular formula is C10H16. The predicted octanol–water partition coefficient (Wildman–Crippen LogP) is 3.00. The molecule has 2 rings (SSSR count). The molecule has 0 spiro atoms. The lowest BCUT2D eigenvalue weighted by Gasteiger charge is -2.05. The van der Waals surface area contributed by atoms with Crippen molar-refractivity contribution in [2.24, 2.45) is 17.3 Å². The van der Waals surface area contributed by atoms with Crippen LogP contribution < -0.4 is 0 Å². The van der Waals surface area contributed by atoms with Crippen LogP contribution in [0, 0.1) is 17.3 Å². The standard InChI is InChI=1S/C10H16/c1-7-4-5-8-9(6-7)10(8,2)3/h4,8-9H,5-6H2,1-3H3/i2D3. The molecular weight excluding hydrogens is 120 g/mol. The van der Waals surface area contributed by atoms with E-state index in [4.69, 9.17) is 4.11 Å². The van der Waals surface area contributed by atoms with Gasteiger partial charge < -0.3 is 0 Å². The van der Waals surface area contributed by atoms with Gasteiger partial charge in [-0.05, 0) is 37.0 Å². The molecule has 0 aromatic rings. The highest BCUT2D eigenvalue weighted by atomic mass is 14.6. The number of rotatable bonds is 0. The number of hydrogen-bond donors (Lipinski definition) is 0. The number of hydrogen-bond acceptors (Lipinski definition) is 0. The summed E-state index contributed by atoms with van der Waals surface area (Å²) in [6.45, 7) is 2.27. The minimum atomic E-state index is -1.76. The van der Waals surface area contributed by atoms with Gasteiger partial charge in [0.15, 0.2) is 0 Å². The Kier molecular flexibility index (Phi) is 0.656. The molecule has 0 aliphatic heterocycles. The average Bonchev–Trinajstić information content (AvgIpc) is 2.57. The summed E-state index contributed by atoms with van der Waals surface area (Å²) in [5.41, 5.74) is 0.982. The third-order valence-corrected chi connectivity index (χ3v) is 3.18. The van der Waals surface area contributed by atoms with Crippen LogP contribution in [0.5, 0.6) is 0 Å². The highest BCUT2D eigenvalue weighted by molar-refractivity contribution is 5.18. The highest BCUT2D eigenvalue weighted by Gasteiger charge is 2.57. The van der Waals surface area contributed by atoms with Crippen LogP contribution in [0.4, 0.5) is 0 Å². The summed E-state index contributed by atoms with van der Waals surface area (Å²) in [7, 11) is 0. The molecule has 3 atom stereocenters. The summed E-state index contributed by atoms with van der Waals surface area (Å²) in [5, 5.41) is 0. The largest absolute Gasteiger partial charge is 0.0853 e. The van der Waals surface area contributed by atoms with Crippen LogP contribution in [-0.2, 0) is 0 Å². The second kappa shape index (κ2) is 1.66. The van der Waals surface area contributed by atoms with E-state index in [1.165, 1.54) is 5.57 Å². The first-order valence-electron chi connectivity index (χ1n) is 5.53. The van der Waals surface area contributed by atoms with Gasteiger partial charge in [-0.2, -0.15) is 0 Å². The van der Waals surface area contributed by atoms with Gasteiger partial charge in [-0.1, -0.05) is 25.4 Å². The van der Waals surface area contributed by atoms with Crippen molar-refractivity contribution in [1.29, 1.82) is 0 Å². The molecule has 1 fully saturated rings. The van der Waals surface area contributed by atoms with E-state index >= 15 is 0 Å². The first-order chi connectivity index (χ1) is 5.87. The first-order valence-corrected chi connectivity index (χ1v) is 4.03. The van der Waals surface area contributed by atoms with E-state index in [0.29, 0.717) is 11.8 Å². The molecule has 0 aromatic heterocycles. The summed E-state index contributed by atoms with van der Waals surface area (Å²) in [6.07, 6.45) is 4.18. The fourth-order valence-corrected chi connectivity index (χ4v) is 2.22. The molecule has 1 saturated carbocycles. The number of allylic oxidation sites excluding steroid dienone is 2. The SMILES string of the molecule is [2H]C([2H])([2H])C1(C)C2CC=C(C)CC21. The summed E-state index contributed by atoms with van der Waals surface area (Å²) in [4.78, 5) is 0. The maximum atomic E-state index is 7.52. The molecule has 0 bridgehead atoms. The van der Waals surface area contributed by atoms with E-state index in [9.17, 15) is 0 Å². The lowest BCUT2D eigenvalue weighted by Crippen LogP contribution is -1.90. The summed E-state index contributed by atoms with van der Waals surface area (Å²) >= 11 is 0. The molecule has 0 nitrogen and oxygen atoms in total. The Hall–Kier alpha value is -0.260. The Morgan fingerprint density at radius 3 is 3.10 bits per heavy atom. The summed E-state index contributed by atoms with van der Waals surface area (Å²) < 4.78 is 22.6. The van der Waals surface area contributed by atoms with Gasteiger partial charge in [-0.3, -0.25) is 0 Å². The van der Waals surface area contributed by atoms with Gasteiger partial charge in [-0.15, -0.1) is 0 Å². The zero-order valence-corrected chi connectivity index (χ0v) is 6.65. The van der Waals surface area contributed by atoms with Crippen LogP contribution in [0.2, 0.25) is 0 Å². The quantitative estimate of drug-likeness (QED) is 0.452. The van der Waals surface area contributed by atoms with Crippen molar-refractivity contribution >= 4 is 0 Å². The van der Waals surface area contributed by atoms with E-state index in [-0.39, 0.29) is 5.41 Å². The average molecular weight is 139 g/mol. The smallest absolute Gasteiger partial charge is 0.0236 e. The zero-order chi connectivity index (χ0) is 9.85. The Morgan fingerprint density at radius 1 is 1.70 bits per heavy atom. The molecule has 56 valence electrons. The molecule has 0 saturated heterocycles. The maximum Gasteiger partial charge on any atom is 0.0236 e. The molecule has 0 aromatic carbocycles. The molecule has 0 heterocycles. The van der Waals surface area contributed by atoms with Crippen LogP contribution >= 0.6 is 0 Å². The van der Waals surface area contributed by atoms with Crippen LogP contribution in [0.3, 0.4) is 0 Å². The van der Waals surface area contributed by atoms with Crippen molar-refractivity contribution in [3.63, 3.8) is 0 Å². The van der Waals surface area contributed by atoms with Crippen molar-refractivity contribution in [1.82, 2.24) is 0 Å². The lowest BCUT2D eigenvalue weighted by molar-refractivity contribution is 0.542. The van der Waals surface area contributed by atoms with Crippen molar-refractivity contribution < 1.29 is 4.11 Å². The normalized spacial score (nSPS) is 57.4. The van der Waals surface area contributed by atoms with E-state index in [1.54, 1.807) is 0 Å². The Labute approximate surface area is 67.5 Å². The van der Waals surface area contributed by atoms with Crippen molar-refractivity contribution in [3.8, 4) is 0 Å². The lowest BCUT2D eigenvalue weighted by atomic mass is 10.0. The fraction of sp³-hybridized carbons (Fsp3) is 0.800. The van der Waals surface area contributed by atoms with E-state index in [2.05, 4.69) is 13.0 Å². The zero-order valence-electron chi connectivity index (χ0n) is 9.65. The minimum Gasteiger partial charge on any atom is -0.0853 e. The molecule has 0 radical (unpaired) electrons. The molecule has 2 aliphatic rings. The van der Waals surface area contributed by atoms with Crippen molar-refractivity contribution in [2.75, 3.05) is 0 Å². The van der Waals surface area contributed by atoms with Crippen LogP contribution in [0.1, 0.15) is 37.7 Å². The van der Waals surface area contributed by atoms with Crippen molar-refractivity contribution in [2.45, 2.75) is 33.5 Å². The van der Waals surface area contributed by atoms with Gasteiger partial charge in [0.05, 0.1) is 0 Å². The topological polar surface area (TPSA) is 0 Å². The summed E-state index contributed by atoms with van der Waals surface area (Å²) in [6, 6.07) is 0. The molecule has 3 unspecified atom stereocenters. The van der Waals surface area contributed by atoms with E-state index in [0.717, 1.165) is 12.8 Å². The molecule has 2 aliphatic carbocycles. The summed E-state index contributed by atoms with van der Waals surface area (Å²) in [5.74, 6) is 0.841. The second-order valence-corrected chi connectivity index (χ2v) is 3.99. The Morgan fingerprint density at radius 2 is 2.50 bits per heavy atom. The molecule has 0 heteroatoms. The monoisotopic (exact) mass is 139 g/mol. The van der Waals surface area contributed by atoms with Gasteiger partial charge in [0, 0.05) is 4.11 Å². The predicted molar refractivity (Wildman–Crippen MR) is 43.8 cm³/mol. The first kappa shape index (κ1) is 3.94. The van der Waals surface area contributed by atoms with Crippen LogP contribution in [0.25, 0.3) is 0 Å². The Balaban J connectivity index is 2.18. The van der Waals surface area contributed by atoms with Crippen molar-refractivity contribution in [3.05, 3.63) is 11.6 Å². The van der Waals surface area contributed by atoms with Gasteiger partial charge in [0.25, 0.3) is 0 Å². The molecule has 10 heavy (non-hydrogen) atoms. The number of fused-ring (bicyclic) bond motifs is 1. The maximum absolute atomic E-state index is 7.52. The van der Waals surface area contributed by atoms with Gasteiger partial charge >= 0.3 is 0 Å². The molecule has 0 amide bonds. The van der Waals surface area contributed by atoms with Crippen LogP contribution in [0.15, 0.2) is 11.6 Å². The fourth-order valence-electron chi connectivity index (χ4n) is 2.22. The van der Waals surface area contributed by atoms with E-state index in [1.807, 2.05) is 6.92 Å². The Bertz CT molecular complexity index is 264. The van der Waals surface area contributed by atoms with Gasteiger partial charge in [-0.25, -0.2) is 0 Å². The second-order valence-electron chi connectivity index (χ2n) is 3.99.